The van der Waals surface area contributed by atoms with Crippen LogP contribution in [0.1, 0.15) is 34.8 Å². The molecule has 1 aliphatic heterocycles. The Morgan fingerprint density at radius 1 is 1.17 bits per heavy atom. The second-order valence-electron chi connectivity index (χ2n) is 5.90. The number of benzene rings is 2. The molecule has 2 aromatic rings. The van der Waals surface area contributed by atoms with Crippen molar-refractivity contribution in [1.82, 2.24) is 0 Å². The van der Waals surface area contributed by atoms with Crippen molar-refractivity contribution in [3.05, 3.63) is 65.2 Å². The zero-order valence-corrected chi connectivity index (χ0v) is 13.2. The van der Waals surface area contributed by atoms with Crippen molar-refractivity contribution in [1.29, 1.82) is 0 Å². The van der Waals surface area contributed by atoms with Crippen LogP contribution in [0.2, 0.25) is 0 Å². The smallest absolute Gasteiger partial charge is 0.264 e. The minimum absolute atomic E-state index is 0.244. The highest BCUT2D eigenvalue weighted by Gasteiger charge is 2.50. The minimum atomic E-state index is -1.79. The lowest BCUT2D eigenvalue weighted by molar-refractivity contribution is -0.135. The Hall–Kier alpha value is -2.46. The summed E-state index contributed by atoms with van der Waals surface area (Å²) >= 11 is 0. The van der Waals surface area contributed by atoms with E-state index in [2.05, 4.69) is 0 Å². The van der Waals surface area contributed by atoms with Gasteiger partial charge >= 0.3 is 0 Å². The van der Waals surface area contributed by atoms with Gasteiger partial charge in [0.05, 0.1) is 12.1 Å². The first-order valence-electron chi connectivity index (χ1n) is 7.71. The zero-order chi connectivity index (χ0) is 16.6. The summed E-state index contributed by atoms with van der Waals surface area (Å²) in [6.45, 7) is 4.21. The van der Waals surface area contributed by atoms with Crippen LogP contribution in [0, 0.1) is 6.92 Å². The number of likely N-dealkylation sites (N-methyl/N-ethyl adjacent to an activating group) is 1. The van der Waals surface area contributed by atoms with E-state index < -0.39 is 11.5 Å². The number of hydrogen-bond acceptors (Lipinski definition) is 3. The predicted octanol–water partition coefficient (Wildman–Crippen LogP) is 2.82. The van der Waals surface area contributed by atoms with Crippen molar-refractivity contribution >= 4 is 17.4 Å². The average molecular weight is 309 g/mol. The molecule has 118 valence electrons. The number of aliphatic hydroxyl groups is 1. The number of hydrogen-bond donors (Lipinski definition) is 1. The predicted molar refractivity (Wildman–Crippen MR) is 88.5 cm³/mol. The monoisotopic (exact) mass is 309 g/mol. The first kappa shape index (κ1) is 15.4. The lowest BCUT2D eigenvalue weighted by Crippen LogP contribution is -2.41. The highest BCUT2D eigenvalue weighted by atomic mass is 16.3. The summed E-state index contributed by atoms with van der Waals surface area (Å²) in [5.41, 5.74) is 0.864. The molecule has 0 radical (unpaired) electrons. The van der Waals surface area contributed by atoms with Gasteiger partial charge in [-0.1, -0.05) is 48.0 Å². The fourth-order valence-electron chi connectivity index (χ4n) is 3.11. The Morgan fingerprint density at radius 2 is 1.87 bits per heavy atom. The lowest BCUT2D eigenvalue weighted by atomic mass is 9.87. The SMILES string of the molecule is CCN1C(=O)[C@@](O)(CC(=O)c2ccccc2)c2cc(C)ccc21. The van der Waals surface area contributed by atoms with Gasteiger partial charge in [0, 0.05) is 17.7 Å². The van der Waals surface area contributed by atoms with E-state index in [9.17, 15) is 14.7 Å². The number of amides is 1. The Kier molecular flexibility index (Phi) is 3.78. The number of carbonyl (C=O) groups excluding carboxylic acids is 2. The van der Waals surface area contributed by atoms with E-state index in [1.165, 1.54) is 4.90 Å². The third kappa shape index (κ3) is 2.45. The fraction of sp³-hybridized carbons (Fsp3) is 0.263. The minimum Gasteiger partial charge on any atom is -0.375 e. The van der Waals surface area contributed by atoms with Crippen LogP contribution in [0.25, 0.3) is 0 Å². The summed E-state index contributed by atoms with van der Waals surface area (Å²) < 4.78 is 0. The Labute approximate surface area is 135 Å². The van der Waals surface area contributed by atoms with E-state index in [0.29, 0.717) is 23.4 Å². The van der Waals surface area contributed by atoms with E-state index in [-0.39, 0.29) is 12.2 Å². The molecule has 23 heavy (non-hydrogen) atoms. The van der Waals surface area contributed by atoms with Gasteiger partial charge in [-0.2, -0.15) is 0 Å². The van der Waals surface area contributed by atoms with E-state index in [1.54, 1.807) is 30.3 Å². The van der Waals surface area contributed by atoms with Crippen LogP contribution in [0.15, 0.2) is 48.5 Å². The Balaban J connectivity index is 2.02. The normalized spacial score (nSPS) is 19.8. The number of carbonyl (C=O) groups is 2. The molecule has 0 aliphatic carbocycles. The summed E-state index contributed by atoms with van der Waals surface area (Å²) in [6, 6.07) is 14.3. The first-order chi connectivity index (χ1) is 11.0. The second-order valence-corrected chi connectivity index (χ2v) is 5.90. The maximum atomic E-state index is 12.7. The van der Waals surface area contributed by atoms with Gasteiger partial charge in [-0.05, 0) is 19.9 Å². The highest BCUT2D eigenvalue weighted by Crippen LogP contribution is 2.43. The van der Waals surface area contributed by atoms with Crippen molar-refractivity contribution in [2.75, 3.05) is 11.4 Å². The van der Waals surface area contributed by atoms with Gasteiger partial charge in [-0.15, -0.1) is 0 Å². The van der Waals surface area contributed by atoms with E-state index in [0.717, 1.165) is 5.56 Å². The fourth-order valence-corrected chi connectivity index (χ4v) is 3.11. The van der Waals surface area contributed by atoms with Crippen LogP contribution in [-0.2, 0) is 10.4 Å². The molecule has 0 bridgehead atoms. The molecule has 1 aliphatic rings. The van der Waals surface area contributed by atoms with Crippen molar-refractivity contribution in [3.63, 3.8) is 0 Å². The molecule has 0 saturated carbocycles. The molecule has 0 spiro atoms. The van der Waals surface area contributed by atoms with Gasteiger partial charge in [0.25, 0.3) is 5.91 Å². The molecule has 0 aromatic heterocycles. The van der Waals surface area contributed by atoms with E-state index in [1.807, 2.05) is 32.0 Å². The van der Waals surface area contributed by atoms with Crippen LogP contribution >= 0.6 is 0 Å². The van der Waals surface area contributed by atoms with Crippen LogP contribution in [0.3, 0.4) is 0 Å². The summed E-state index contributed by atoms with van der Waals surface area (Å²) in [5.74, 6) is -0.670. The van der Waals surface area contributed by atoms with Crippen LogP contribution in [-0.4, -0.2) is 23.3 Å². The second kappa shape index (κ2) is 5.63. The Bertz CT molecular complexity index is 769. The molecule has 0 fully saturated rings. The lowest BCUT2D eigenvalue weighted by Gasteiger charge is -2.22. The van der Waals surface area contributed by atoms with Gasteiger partial charge < -0.3 is 10.0 Å². The van der Waals surface area contributed by atoms with Crippen LogP contribution in [0.5, 0.6) is 0 Å². The summed E-state index contributed by atoms with van der Waals surface area (Å²) in [7, 11) is 0. The number of aryl methyl sites for hydroxylation is 1. The number of Topliss-reactive ketones (excluding diaryl/α,β-unsaturated/α-hetero) is 1. The number of rotatable bonds is 4. The molecule has 1 atom stereocenters. The van der Waals surface area contributed by atoms with Crippen LogP contribution < -0.4 is 4.90 Å². The third-order valence-corrected chi connectivity index (χ3v) is 4.32. The summed E-state index contributed by atoms with van der Waals surface area (Å²) in [4.78, 5) is 26.8. The van der Waals surface area contributed by atoms with E-state index in [4.69, 9.17) is 0 Å². The molecule has 1 amide bonds. The van der Waals surface area contributed by atoms with Crippen molar-refractivity contribution in [3.8, 4) is 0 Å². The Morgan fingerprint density at radius 3 is 2.52 bits per heavy atom. The first-order valence-corrected chi connectivity index (χ1v) is 7.71. The topological polar surface area (TPSA) is 57.6 Å². The summed E-state index contributed by atoms with van der Waals surface area (Å²) in [6.07, 6.45) is -0.247. The number of nitrogens with zero attached hydrogens (tertiary/aromatic N) is 1. The average Bonchev–Trinajstić information content (AvgIpc) is 2.76. The molecule has 3 rings (SSSR count). The molecular weight excluding hydrogens is 290 g/mol. The van der Waals surface area contributed by atoms with Gasteiger partial charge in [0.1, 0.15) is 0 Å². The highest BCUT2D eigenvalue weighted by molar-refractivity contribution is 6.10. The molecule has 2 aromatic carbocycles. The van der Waals surface area contributed by atoms with Gasteiger partial charge in [0.2, 0.25) is 0 Å². The molecule has 0 unspecified atom stereocenters. The van der Waals surface area contributed by atoms with Gasteiger partial charge in [0.15, 0.2) is 11.4 Å². The van der Waals surface area contributed by atoms with Crippen molar-refractivity contribution in [2.45, 2.75) is 25.9 Å². The van der Waals surface area contributed by atoms with Crippen molar-refractivity contribution < 1.29 is 14.7 Å². The molecule has 0 saturated heterocycles. The quantitative estimate of drug-likeness (QED) is 0.884. The number of fused-ring (bicyclic) bond motifs is 1. The maximum absolute atomic E-state index is 12.7. The van der Waals surface area contributed by atoms with Crippen LogP contribution in [0.4, 0.5) is 5.69 Å². The molecule has 4 heteroatoms. The number of ketones is 1. The molecule has 1 heterocycles. The van der Waals surface area contributed by atoms with Gasteiger partial charge in [-0.25, -0.2) is 0 Å². The molecular formula is C19H19NO3. The van der Waals surface area contributed by atoms with Crippen molar-refractivity contribution in [2.24, 2.45) is 0 Å². The molecule has 1 N–H and O–H groups in total. The largest absolute Gasteiger partial charge is 0.375 e. The van der Waals surface area contributed by atoms with Gasteiger partial charge in [-0.3, -0.25) is 9.59 Å². The third-order valence-electron chi connectivity index (χ3n) is 4.32. The number of anilines is 1. The zero-order valence-electron chi connectivity index (χ0n) is 13.2. The van der Waals surface area contributed by atoms with E-state index >= 15 is 0 Å². The standard InChI is InChI=1S/C19H19NO3/c1-3-20-16-10-9-13(2)11-15(16)19(23,18(20)22)12-17(21)14-7-5-4-6-8-14/h4-11,23H,3,12H2,1-2H3/t19-/m1/s1. The molecule has 4 nitrogen and oxygen atoms in total. The maximum Gasteiger partial charge on any atom is 0.264 e. The summed E-state index contributed by atoms with van der Waals surface area (Å²) in [5, 5.41) is 11.1.